The Labute approximate surface area is 221 Å². The van der Waals surface area contributed by atoms with Gasteiger partial charge in [0.05, 0.1) is 24.1 Å². The molecule has 0 aliphatic carbocycles. The van der Waals surface area contributed by atoms with Gasteiger partial charge in [-0.05, 0) is 47.9 Å². The van der Waals surface area contributed by atoms with Crippen molar-refractivity contribution in [1.82, 2.24) is 9.78 Å². The minimum atomic E-state index is -0.706. The maximum atomic E-state index is 13.5. The second-order valence-corrected chi connectivity index (χ2v) is 9.28. The minimum Gasteiger partial charge on any atom is -0.461 e. The molecule has 5 aromatic rings. The van der Waals surface area contributed by atoms with Gasteiger partial charge >= 0.3 is 5.97 Å². The topological polar surface area (TPSA) is 90.3 Å². The van der Waals surface area contributed by atoms with Crippen LogP contribution >= 0.6 is 11.3 Å². The first kappa shape index (κ1) is 25.0. The molecule has 0 bridgehead atoms. The lowest BCUT2D eigenvalue weighted by Crippen LogP contribution is -2.25. The third-order valence-corrected chi connectivity index (χ3v) is 6.77. The summed E-state index contributed by atoms with van der Waals surface area (Å²) in [5.41, 5.74) is 2.57. The Hall–Kier alpha value is -4.63. The number of carbonyl (C=O) groups is 2. The number of nitrogens with zero attached hydrogens (tertiary/aromatic N) is 2. The molecule has 0 atom stereocenters. The number of hydrogen-bond donors (Lipinski definition) is 1. The number of esters is 1. The van der Waals surface area contributed by atoms with Crippen molar-refractivity contribution in [3.63, 3.8) is 0 Å². The Morgan fingerprint density at radius 3 is 2.34 bits per heavy atom. The van der Waals surface area contributed by atoms with E-state index in [0.29, 0.717) is 5.00 Å². The molecular formula is C29H22FN3O4S. The third kappa shape index (κ3) is 5.09. The Morgan fingerprint density at radius 1 is 0.974 bits per heavy atom. The molecule has 190 valence electrons. The van der Waals surface area contributed by atoms with Gasteiger partial charge in [0.25, 0.3) is 5.56 Å². The van der Waals surface area contributed by atoms with E-state index in [4.69, 9.17) is 4.74 Å². The molecule has 0 aliphatic rings. The average Bonchev–Trinajstić information content (AvgIpc) is 3.34. The third-order valence-electron chi connectivity index (χ3n) is 5.87. The monoisotopic (exact) mass is 527 g/mol. The van der Waals surface area contributed by atoms with Crippen LogP contribution in [0.1, 0.15) is 23.0 Å². The van der Waals surface area contributed by atoms with Crippen molar-refractivity contribution in [1.29, 1.82) is 0 Å². The zero-order chi connectivity index (χ0) is 26.6. The summed E-state index contributed by atoms with van der Waals surface area (Å²) in [4.78, 5) is 39.1. The Bertz CT molecular complexity index is 1680. The van der Waals surface area contributed by atoms with Gasteiger partial charge in [0.1, 0.15) is 10.8 Å². The molecule has 2 heterocycles. The van der Waals surface area contributed by atoms with E-state index < -0.39 is 17.3 Å². The largest absolute Gasteiger partial charge is 0.461 e. The molecule has 1 amide bonds. The Balaban J connectivity index is 1.46. The van der Waals surface area contributed by atoms with Gasteiger partial charge in [-0.1, -0.05) is 54.6 Å². The summed E-state index contributed by atoms with van der Waals surface area (Å²) in [6.45, 7) is 1.78. The van der Waals surface area contributed by atoms with E-state index in [9.17, 15) is 18.8 Å². The molecule has 38 heavy (non-hydrogen) atoms. The van der Waals surface area contributed by atoms with Crippen molar-refractivity contribution < 1.29 is 18.7 Å². The molecule has 0 fully saturated rings. The Kier molecular flexibility index (Phi) is 7.10. The van der Waals surface area contributed by atoms with Crippen molar-refractivity contribution >= 4 is 39.0 Å². The molecule has 3 aromatic carbocycles. The van der Waals surface area contributed by atoms with Crippen molar-refractivity contribution in [3.8, 4) is 16.8 Å². The van der Waals surface area contributed by atoms with Crippen LogP contribution in [0.2, 0.25) is 0 Å². The van der Waals surface area contributed by atoms with Gasteiger partial charge in [-0.15, -0.1) is 11.3 Å². The first-order valence-corrected chi connectivity index (χ1v) is 12.7. The molecule has 0 unspecified atom stereocenters. The van der Waals surface area contributed by atoms with Crippen molar-refractivity contribution in [2.45, 2.75) is 13.3 Å². The van der Waals surface area contributed by atoms with Crippen LogP contribution in [0.4, 0.5) is 9.39 Å². The first-order chi connectivity index (χ1) is 18.4. The highest BCUT2D eigenvalue weighted by molar-refractivity contribution is 7.16. The molecule has 0 aliphatic heterocycles. The summed E-state index contributed by atoms with van der Waals surface area (Å²) in [5, 5.41) is 9.32. The number of hydrogen-bond acceptors (Lipinski definition) is 6. The van der Waals surface area contributed by atoms with Gasteiger partial charge in [0.2, 0.25) is 5.91 Å². The van der Waals surface area contributed by atoms with E-state index in [1.165, 1.54) is 24.3 Å². The number of ether oxygens (including phenoxy) is 1. The van der Waals surface area contributed by atoms with Gasteiger partial charge in [-0.25, -0.2) is 9.18 Å². The van der Waals surface area contributed by atoms with E-state index in [1.807, 2.05) is 54.6 Å². The van der Waals surface area contributed by atoms with Crippen LogP contribution in [0.25, 0.3) is 27.6 Å². The van der Waals surface area contributed by atoms with Gasteiger partial charge < -0.3 is 10.1 Å². The number of fused-ring (bicyclic) bond motifs is 1. The lowest BCUT2D eigenvalue weighted by atomic mass is 10.0. The first-order valence-electron chi connectivity index (χ1n) is 11.9. The zero-order valence-electron chi connectivity index (χ0n) is 20.3. The number of thiophene rings is 1. The zero-order valence-corrected chi connectivity index (χ0v) is 21.1. The van der Waals surface area contributed by atoms with Gasteiger partial charge in [-0.3, -0.25) is 9.59 Å². The van der Waals surface area contributed by atoms with Gasteiger partial charge in [0.15, 0.2) is 5.69 Å². The predicted molar refractivity (Wildman–Crippen MR) is 145 cm³/mol. The van der Waals surface area contributed by atoms with Gasteiger partial charge in [0, 0.05) is 10.8 Å². The molecule has 0 radical (unpaired) electrons. The number of nitrogens with one attached hydrogen (secondary N) is 1. The van der Waals surface area contributed by atoms with Crippen LogP contribution in [-0.4, -0.2) is 28.3 Å². The van der Waals surface area contributed by atoms with Crippen LogP contribution in [0.5, 0.6) is 0 Å². The highest BCUT2D eigenvalue weighted by Gasteiger charge is 2.23. The molecule has 1 N–H and O–H groups in total. The fourth-order valence-electron chi connectivity index (χ4n) is 4.05. The van der Waals surface area contributed by atoms with Crippen molar-refractivity contribution in [2.24, 2.45) is 0 Å². The van der Waals surface area contributed by atoms with E-state index in [1.54, 1.807) is 12.3 Å². The molecule has 0 saturated heterocycles. The number of carbonyl (C=O) groups excluding carboxylic acids is 2. The Morgan fingerprint density at radius 2 is 1.66 bits per heavy atom. The predicted octanol–water partition coefficient (Wildman–Crippen LogP) is 5.61. The van der Waals surface area contributed by atoms with Crippen LogP contribution < -0.4 is 10.9 Å². The SMILES string of the molecule is CCOC(=O)c1nn(-c2ccc(F)cc2)c(=O)c2c(NC(=O)Cc3ccc(-c4ccccc4)cc3)scc12. The number of amides is 1. The number of benzene rings is 3. The summed E-state index contributed by atoms with van der Waals surface area (Å²) in [6, 6.07) is 22.8. The number of rotatable bonds is 7. The lowest BCUT2D eigenvalue weighted by molar-refractivity contribution is -0.115. The van der Waals surface area contributed by atoms with E-state index >= 15 is 0 Å². The summed E-state index contributed by atoms with van der Waals surface area (Å²) in [5.74, 6) is -1.50. The van der Waals surface area contributed by atoms with Crippen LogP contribution in [0.15, 0.2) is 89.0 Å². The van der Waals surface area contributed by atoms with E-state index in [2.05, 4.69) is 10.4 Å². The highest BCUT2D eigenvalue weighted by Crippen LogP contribution is 2.31. The number of anilines is 1. The molecule has 9 heteroatoms. The molecule has 0 saturated carbocycles. The maximum Gasteiger partial charge on any atom is 0.359 e. The van der Waals surface area contributed by atoms with E-state index in [-0.39, 0.29) is 41.1 Å². The quantitative estimate of drug-likeness (QED) is 0.278. The lowest BCUT2D eigenvalue weighted by Gasteiger charge is -2.10. The summed E-state index contributed by atoms with van der Waals surface area (Å²) < 4.78 is 19.6. The van der Waals surface area contributed by atoms with Gasteiger partial charge in [-0.2, -0.15) is 9.78 Å². The van der Waals surface area contributed by atoms with Crippen LogP contribution in [0.3, 0.4) is 0 Å². The van der Waals surface area contributed by atoms with E-state index in [0.717, 1.165) is 32.7 Å². The second-order valence-electron chi connectivity index (χ2n) is 8.40. The molecule has 5 rings (SSSR count). The van der Waals surface area contributed by atoms with Crippen LogP contribution in [0, 0.1) is 5.82 Å². The highest BCUT2D eigenvalue weighted by atomic mass is 32.1. The summed E-state index contributed by atoms with van der Waals surface area (Å²) in [6.07, 6.45) is 0.0937. The fourth-order valence-corrected chi connectivity index (χ4v) is 5.00. The normalized spacial score (nSPS) is 10.9. The van der Waals surface area contributed by atoms with Crippen molar-refractivity contribution in [3.05, 3.63) is 112 Å². The van der Waals surface area contributed by atoms with Crippen LogP contribution in [-0.2, 0) is 16.0 Å². The smallest absolute Gasteiger partial charge is 0.359 e. The second kappa shape index (κ2) is 10.8. The number of halogens is 1. The molecular weight excluding hydrogens is 505 g/mol. The minimum absolute atomic E-state index is 0.0703. The maximum absolute atomic E-state index is 13.5. The standard InChI is InChI=1S/C29H22FN3O4S/c1-2-37-29(36)26-23-17-38-27(25(23)28(35)33(32-26)22-14-12-21(30)13-15-22)31-24(34)16-18-8-10-20(11-9-18)19-6-4-3-5-7-19/h3-15,17H,2,16H2,1H3,(H,31,34). The number of aromatic nitrogens is 2. The van der Waals surface area contributed by atoms with Crippen molar-refractivity contribution in [2.75, 3.05) is 11.9 Å². The summed E-state index contributed by atoms with van der Waals surface area (Å²) >= 11 is 1.12. The molecule has 0 spiro atoms. The fraction of sp³-hybridized carbons (Fsp3) is 0.103. The molecule has 7 nitrogen and oxygen atoms in total. The average molecular weight is 528 g/mol. The molecule has 2 aromatic heterocycles. The summed E-state index contributed by atoms with van der Waals surface area (Å²) in [7, 11) is 0.